The SMILES string of the molecule is N#Cc1c[nH]c2nc(N)nc(NC3CCC(O)CC3)c12. The van der Waals surface area contributed by atoms with Gasteiger partial charge in [0, 0.05) is 12.2 Å². The van der Waals surface area contributed by atoms with Crippen molar-refractivity contribution < 1.29 is 5.11 Å². The summed E-state index contributed by atoms with van der Waals surface area (Å²) in [6, 6.07) is 2.36. The molecule has 20 heavy (non-hydrogen) atoms. The van der Waals surface area contributed by atoms with E-state index in [4.69, 9.17) is 11.0 Å². The minimum atomic E-state index is -0.203. The van der Waals surface area contributed by atoms with E-state index in [1.165, 1.54) is 0 Å². The number of H-pyrrole nitrogens is 1. The van der Waals surface area contributed by atoms with Crippen LogP contribution in [0.25, 0.3) is 11.0 Å². The second-order valence-corrected chi connectivity index (χ2v) is 5.12. The van der Waals surface area contributed by atoms with Crippen molar-refractivity contribution in [2.24, 2.45) is 0 Å². The van der Waals surface area contributed by atoms with Gasteiger partial charge in [0.1, 0.15) is 17.5 Å². The maximum atomic E-state index is 9.54. The molecule has 0 unspecified atom stereocenters. The number of aliphatic hydroxyl groups is 1. The number of aliphatic hydroxyl groups excluding tert-OH is 1. The van der Waals surface area contributed by atoms with Gasteiger partial charge in [0.25, 0.3) is 0 Å². The van der Waals surface area contributed by atoms with Gasteiger partial charge >= 0.3 is 0 Å². The number of hydrogen-bond acceptors (Lipinski definition) is 6. The quantitative estimate of drug-likeness (QED) is 0.649. The largest absolute Gasteiger partial charge is 0.393 e. The number of hydrogen-bond donors (Lipinski definition) is 4. The summed E-state index contributed by atoms with van der Waals surface area (Å²) >= 11 is 0. The first-order chi connectivity index (χ1) is 9.67. The molecule has 7 nitrogen and oxygen atoms in total. The van der Waals surface area contributed by atoms with E-state index in [9.17, 15) is 5.11 Å². The summed E-state index contributed by atoms with van der Waals surface area (Å²) in [6.45, 7) is 0. The number of anilines is 2. The standard InChI is InChI=1S/C13H16N6O/c14-5-7-6-16-11-10(7)12(19-13(15)18-11)17-8-1-3-9(20)4-2-8/h6,8-9,20H,1-4H2,(H4,15,16,17,18,19). The summed E-state index contributed by atoms with van der Waals surface area (Å²) in [5, 5.41) is 22.7. The second kappa shape index (κ2) is 4.98. The number of aromatic amines is 1. The summed E-state index contributed by atoms with van der Waals surface area (Å²) in [7, 11) is 0. The minimum Gasteiger partial charge on any atom is -0.393 e. The van der Waals surface area contributed by atoms with Crippen LogP contribution in [0.3, 0.4) is 0 Å². The fourth-order valence-electron chi connectivity index (χ4n) is 2.66. The van der Waals surface area contributed by atoms with E-state index in [0.717, 1.165) is 25.7 Å². The summed E-state index contributed by atoms with van der Waals surface area (Å²) < 4.78 is 0. The molecule has 0 aromatic carbocycles. The maximum Gasteiger partial charge on any atom is 0.223 e. The minimum absolute atomic E-state index is 0.169. The molecule has 1 fully saturated rings. The first kappa shape index (κ1) is 12.7. The highest BCUT2D eigenvalue weighted by molar-refractivity contribution is 5.93. The van der Waals surface area contributed by atoms with Gasteiger partial charge < -0.3 is 21.1 Å². The maximum absolute atomic E-state index is 9.54. The Bertz CT molecular complexity index is 665. The molecular weight excluding hydrogens is 256 g/mol. The molecule has 0 saturated heterocycles. The van der Waals surface area contributed by atoms with Gasteiger partial charge in [0.15, 0.2) is 0 Å². The Labute approximate surface area is 115 Å². The molecule has 0 radical (unpaired) electrons. The second-order valence-electron chi connectivity index (χ2n) is 5.12. The highest BCUT2D eigenvalue weighted by Gasteiger charge is 2.21. The Kier molecular flexibility index (Phi) is 3.16. The Morgan fingerprint density at radius 3 is 2.80 bits per heavy atom. The molecule has 5 N–H and O–H groups in total. The number of nitrogens with one attached hydrogen (secondary N) is 2. The molecule has 0 atom stereocenters. The molecular formula is C13H16N6O. The molecule has 1 aliphatic rings. The highest BCUT2D eigenvalue weighted by atomic mass is 16.3. The topological polar surface area (TPSA) is 124 Å². The number of nitrogens with zero attached hydrogens (tertiary/aromatic N) is 3. The zero-order chi connectivity index (χ0) is 14.1. The summed E-state index contributed by atoms with van der Waals surface area (Å²) in [5.74, 6) is 0.758. The fourth-order valence-corrected chi connectivity index (χ4v) is 2.66. The van der Waals surface area contributed by atoms with Crippen molar-refractivity contribution in [3.05, 3.63) is 11.8 Å². The predicted molar refractivity (Wildman–Crippen MR) is 74.9 cm³/mol. The van der Waals surface area contributed by atoms with Crippen molar-refractivity contribution in [3.63, 3.8) is 0 Å². The van der Waals surface area contributed by atoms with Gasteiger partial charge in [-0.05, 0) is 25.7 Å². The molecule has 2 aromatic rings. The van der Waals surface area contributed by atoms with Crippen LogP contribution in [0, 0.1) is 11.3 Å². The van der Waals surface area contributed by atoms with Crippen molar-refractivity contribution >= 4 is 22.8 Å². The molecule has 2 heterocycles. The van der Waals surface area contributed by atoms with Gasteiger partial charge in [0.2, 0.25) is 5.95 Å². The van der Waals surface area contributed by atoms with Crippen LogP contribution in [-0.2, 0) is 0 Å². The first-order valence-electron chi connectivity index (χ1n) is 6.66. The normalized spacial score (nSPS) is 22.6. The smallest absolute Gasteiger partial charge is 0.223 e. The zero-order valence-electron chi connectivity index (χ0n) is 10.9. The van der Waals surface area contributed by atoms with E-state index in [-0.39, 0.29) is 18.1 Å². The monoisotopic (exact) mass is 272 g/mol. The van der Waals surface area contributed by atoms with Crippen molar-refractivity contribution in [2.75, 3.05) is 11.1 Å². The third-order valence-electron chi connectivity index (χ3n) is 3.71. The lowest BCUT2D eigenvalue weighted by atomic mass is 9.93. The van der Waals surface area contributed by atoms with Crippen LogP contribution in [0.2, 0.25) is 0 Å². The van der Waals surface area contributed by atoms with E-state index in [1.54, 1.807) is 6.20 Å². The predicted octanol–water partition coefficient (Wildman–Crippen LogP) is 1.13. The fraction of sp³-hybridized carbons (Fsp3) is 0.462. The summed E-state index contributed by atoms with van der Waals surface area (Å²) in [6.07, 6.45) is 4.71. The highest BCUT2D eigenvalue weighted by Crippen LogP contribution is 2.28. The van der Waals surface area contributed by atoms with E-state index in [1.807, 2.05) is 0 Å². The number of rotatable bonds is 2. The lowest BCUT2D eigenvalue weighted by molar-refractivity contribution is 0.126. The average molecular weight is 272 g/mol. The molecule has 0 bridgehead atoms. The van der Waals surface area contributed by atoms with Crippen LogP contribution >= 0.6 is 0 Å². The van der Waals surface area contributed by atoms with Crippen molar-refractivity contribution in [3.8, 4) is 6.07 Å². The lowest BCUT2D eigenvalue weighted by Gasteiger charge is -2.26. The molecule has 104 valence electrons. The molecule has 7 heteroatoms. The Hall–Kier alpha value is -2.33. The molecule has 2 aromatic heterocycles. The van der Waals surface area contributed by atoms with E-state index < -0.39 is 0 Å². The van der Waals surface area contributed by atoms with Gasteiger partial charge in [-0.15, -0.1) is 0 Å². The Morgan fingerprint density at radius 2 is 2.10 bits per heavy atom. The lowest BCUT2D eigenvalue weighted by Crippen LogP contribution is -2.28. The van der Waals surface area contributed by atoms with Crippen LogP contribution in [0.4, 0.5) is 11.8 Å². The number of nitriles is 1. The number of nitrogen functional groups attached to an aromatic ring is 1. The number of nitrogens with two attached hydrogens (primary N) is 1. The van der Waals surface area contributed by atoms with Gasteiger partial charge in [-0.1, -0.05) is 0 Å². The van der Waals surface area contributed by atoms with Crippen molar-refractivity contribution in [1.82, 2.24) is 15.0 Å². The molecule has 0 spiro atoms. The van der Waals surface area contributed by atoms with Gasteiger partial charge in [-0.25, -0.2) is 0 Å². The van der Waals surface area contributed by atoms with E-state index in [0.29, 0.717) is 22.4 Å². The van der Waals surface area contributed by atoms with Gasteiger partial charge in [-0.3, -0.25) is 0 Å². The molecule has 1 aliphatic carbocycles. The van der Waals surface area contributed by atoms with Crippen LogP contribution in [-0.4, -0.2) is 32.2 Å². The summed E-state index contributed by atoms with van der Waals surface area (Å²) in [4.78, 5) is 11.2. The van der Waals surface area contributed by atoms with Crippen LogP contribution < -0.4 is 11.1 Å². The Morgan fingerprint density at radius 1 is 1.35 bits per heavy atom. The molecule has 0 amide bonds. The van der Waals surface area contributed by atoms with Crippen LogP contribution in [0.15, 0.2) is 6.20 Å². The van der Waals surface area contributed by atoms with Crippen LogP contribution in [0.5, 0.6) is 0 Å². The van der Waals surface area contributed by atoms with Crippen LogP contribution in [0.1, 0.15) is 31.2 Å². The number of fused-ring (bicyclic) bond motifs is 1. The third kappa shape index (κ3) is 2.26. The average Bonchev–Trinajstić information content (AvgIpc) is 2.84. The summed E-state index contributed by atoms with van der Waals surface area (Å²) in [5.41, 5.74) is 6.76. The van der Waals surface area contributed by atoms with E-state index in [2.05, 4.69) is 26.3 Å². The molecule has 0 aliphatic heterocycles. The first-order valence-corrected chi connectivity index (χ1v) is 6.66. The number of aromatic nitrogens is 3. The van der Waals surface area contributed by atoms with Gasteiger partial charge in [-0.2, -0.15) is 15.2 Å². The molecule has 3 rings (SSSR count). The van der Waals surface area contributed by atoms with E-state index >= 15 is 0 Å². The molecule has 1 saturated carbocycles. The Balaban J connectivity index is 1.94. The zero-order valence-corrected chi connectivity index (χ0v) is 10.9. The third-order valence-corrected chi connectivity index (χ3v) is 3.71. The van der Waals surface area contributed by atoms with Crippen molar-refractivity contribution in [1.29, 1.82) is 5.26 Å². The van der Waals surface area contributed by atoms with Gasteiger partial charge in [0.05, 0.1) is 17.1 Å². The van der Waals surface area contributed by atoms with Crippen molar-refractivity contribution in [2.45, 2.75) is 37.8 Å².